The van der Waals surface area contributed by atoms with Gasteiger partial charge in [0.2, 0.25) is 0 Å². The van der Waals surface area contributed by atoms with Crippen LogP contribution in [0.1, 0.15) is 367 Å². The fraction of sp³-hybridized carbons (Fsp3) is 0.952. The Balaban J connectivity index is 3.79. The van der Waals surface area contributed by atoms with E-state index in [1.54, 1.807) is 0 Å². The first-order valence-corrected chi connectivity index (χ1v) is 31.5. The highest BCUT2D eigenvalue weighted by Gasteiger charge is 2.19. The van der Waals surface area contributed by atoms with Crippen LogP contribution in [0.3, 0.4) is 0 Å². The zero-order valence-electron chi connectivity index (χ0n) is 47.1. The van der Waals surface area contributed by atoms with Gasteiger partial charge in [-0.15, -0.1) is 0 Å². The summed E-state index contributed by atoms with van der Waals surface area (Å²) in [6.07, 6.45) is 67.5. The van der Waals surface area contributed by atoms with E-state index in [2.05, 4.69) is 20.8 Å². The molecule has 0 fully saturated rings. The Morgan fingerprint density at radius 3 is 0.580 bits per heavy atom. The summed E-state index contributed by atoms with van der Waals surface area (Å²) in [4.78, 5) is 37.8. The lowest BCUT2D eigenvalue weighted by molar-refractivity contribution is -0.167. The fourth-order valence-corrected chi connectivity index (χ4v) is 9.86. The first kappa shape index (κ1) is 67.4. The molecule has 0 spiro atoms. The Morgan fingerprint density at radius 1 is 0.232 bits per heavy atom. The molecule has 0 radical (unpaired) electrons. The predicted molar refractivity (Wildman–Crippen MR) is 298 cm³/mol. The molecule has 0 amide bonds. The molecule has 0 saturated heterocycles. The Morgan fingerprint density at radius 2 is 0.391 bits per heavy atom. The molecule has 0 aliphatic heterocycles. The molecule has 0 aliphatic rings. The molecular formula is C63H122O6. The van der Waals surface area contributed by atoms with Gasteiger partial charge in [-0.25, -0.2) is 0 Å². The van der Waals surface area contributed by atoms with Crippen LogP contribution in [0, 0.1) is 0 Å². The summed E-state index contributed by atoms with van der Waals surface area (Å²) in [6, 6.07) is 0. The van der Waals surface area contributed by atoms with Crippen LogP contribution in [0.5, 0.6) is 0 Å². The largest absolute Gasteiger partial charge is 0.462 e. The number of rotatable bonds is 59. The number of carbonyl (C=O) groups is 3. The van der Waals surface area contributed by atoms with Crippen LogP contribution < -0.4 is 0 Å². The molecule has 0 heterocycles. The molecule has 410 valence electrons. The predicted octanol–water partition coefficient (Wildman–Crippen LogP) is 21.1. The van der Waals surface area contributed by atoms with Gasteiger partial charge in [0.15, 0.2) is 6.10 Å². The van der Waals surface area contributed by atoms with Gasteiger partial charge in [0, 0.05) is 19.3 Å². The SMILES string of the molecule is CCCCCCCCCCCCCCCCCCCCCCCCCCCCCCCCCCCCC(=O)OCC(COC(=O)CCCCCCCC)OC(=O)CCCCCCCCCCCCC. The van der Waals surface area contributed by atoms with Crippen molar-refractivity contribution >= 4 is 17.9 Å². The highest BCUT2D eigenvalue weighted by atomic mass is 16.6. The van der Waals surface area contributed by atoms with Crippen LogP contribution in [0.2, 0.25) is 0 Å². The van der Waals surface area contributed by atoms with Crippen molar-refractivity contribution in [2.45, 2.75) is 374 Å². The monoisotopic (exact) mass is 975 g/mol. The van der Waals surface area contributed by atoms with Gasteiger partial charge in [-0.3, -0.25) is 14.4 Å². The van der Waals surface area contributed by atoms with Crippen LogP contribution in [0.15, 0.2) is 0 Å². The van der Waals surface area contributed by atoms with Crippen LogP contribution in [0.25, 0.3) is 0 Å². The molecule has 6 heteroatoms. The molecule has 0 rings (SSSR count). The van der Waals surface area contributed by atoms with E-state index in [-0.39, 0.29) is 31.1 Å². The lowest BCUT2D eigenvalue weighted by atomic mass is 10.0. The van der Waals surface area contributed by atoms with Crippen LogP contribution in [-0.2, 0) is 28.6 Å². The van der Waals surface area contributed by atoms with Gasteiger partial charge in [0.05, 0.1) is 0 Å². The quantitative estimate of drug-likeness (QED) is 0.0343. The van der Waals surface area contributed by atoms with Crippen molar-refractivity contribution in [2.24, 2.45) is 0 Å². The molecule has 0 bridgehead atoms. The molecule has 0 N–H and O–H groups in total. The average Bonchev–Trinajstić information content (AvgIpc) is 3.35. The Hall–Kier alpha value is -1.59. The first-order chi connectivity index (χ1) is 34.0. The summed E-state index contributed by atoms with van der Waals surface area (Å²) in [7, 11) is 0. The number of carbonyl (C=O) groups excluding carboxylic acids is 3. The maximum atomic E-state index is 12.7. The highest BCUT2D eigenvalue weighted by molar-refractivity contribution is 5.71. The molecule has 0 saturated carbocycles. The van der Waals surface area contributed by atoms with E-state index in [1.807, 2.05) is 0 Å². The second-order valence-corrected chi connectivity index (χ2v) is 21.7. The molecule has 1 unspecified atom stereocenters. The number of ether oxygens (including phenoxy) is 3. The van der Waals surface area contributed by atoms with Gasteiger partial charge in [-0.05, 0) is 19.3 Å². The minimum Gasteiger partial charge on any atom is -0.462 e. The molecule has 0 aromatic rings. The summed E-state index contributed by atoms with van der Waals surface area (Å²) in [6.45, 7) is 6.63. The van der Waals surface area contributed by atoms with Crippen molar-refractivity contribution in [3.63, 3.8) is 0 Å². The van der Waals surface area contributed by atoms with Crippen molar-refractivity contribution < 1.29 is 28.6 Å². The van der Waals surface area contributed by atoms with Gasteiger partial charge in [0.25, 0.3) is 0 Å². The van der Waals surface area contributed by atoms with Crippen molar-refractivity contribution in [2.75, 3.05) is 13.2 Å². The van der Waals surface area contributed by atoms with Crippen molar-refractivity contribution in [3.8, 4) is 0 Å². The van der Waals surface area contributed by atoms with E-state index >= 15 is 0 Å². The topological polar surface area (TPSA) is 78.9 Å². The molecule has 0 aliphatic carbocycles. The van der Waals surface area contributed by atoms with Gasteiger partial charge >= 0.3 is 17.9 Å². The second kappa shape index (κ2) is 59.0. The van der Waals surface area contributed by atoms with E-state index in [0.29, 0.717) is 19.3 Å². The standard InChI is InChI=1S/C63H122O6/c1-4-7-10-13-16-18-20-21-22-23-24-25-26-27-28-29-30-31-32-33-34-35-36-37-38-39-40-41-42-44-45-47-50-53-56-62(65)68-59-60(58-67-61(64)55-52-49-15-12-9-6-3)69-63(66)57-54-51-48-46-43-19-17-14-11-8-5-2/h60H,4-59H2,1-3H3. The Labute approximate surface area is 431 Å². The van der Waals surface area contributed by atoms with Crippen LogP contribution >= 0.6 is 0 Å². The maximum Gasteiger partial charge on any atom is 0.306 e. The zero-order valence-corrected chi connectivity index (χ0v) is 47.1. The van der Waals surface area contributed by atoms with E-state index < -0.39 is 6.10 Å². The van der Waals surface area contributed by atoms with E-state index in [4.69, 9.17) is 14.2 Å². The van der Waals surface area contributed by atoms with Crippen LogP contribution in [-0.4, -0.2) is 37.2 Å². The van der Waals surface area contributed by atoms with Gasteiger partial charge in [0.1, 0.15) is 13.2 Å². The number of hydrogen-bond acceptors (Lipinski definition) is 6. The highest BCUT2D eigenvalue weighted by Crippen LogP contribution is 2.19. The van der Waals surface area contributed by atoms with Gasteiger partial charge < -0.3 is 14.2 Å². The third kappa shape index (κ3) is 57.2. The summed E-state index contributed by atoms with van der Waals surface area (Å²) >= 11 is 0. The molecule has 1 atom stereocenters. The molecule has 0 aromatic carbocycles. The molecule has 6 nitrogen and oxygen atoms in total. The minimum atomic E-state index is -0.759. The van der Waals surface area contributed by atoms with E-state index in [1.165, 1.54) is 270 Å². The smallest absolute Gasteiger partial charge is 0.306 e. The lowest BCUT2D eigenvalue weighted by Gasteiger charge is -2.18. The van der Waals surface area contributed by atoms with E-state index in [0.717, 1.165) is 57.8 Å². The van der Waals surface area contributed by atoms with Gasteiger partial charge in [-0.2, -0.15) is 0 Å². The summed E-state index contributed by atoms with van der Waals surface area (Å²) < 4.78 is 16.7. The summed E-state index contributed by atoms with van der Waals surface area (Å²) in [5.41, 5.74) is 0. The fourth-order valence-electron chi connectivity index (χ4n) is 9.86. The van der Waals surface area contributed by atoms with Gasteiger partial charge in [-0.1, -0.05) is 329 Å². The second-order valence-electron chi connectivity index (χ2n) is 21.7. The van der Waals surface area contributed by atoms with E-state index in [9.17, 15) is 14.4 Å². The Kier molecular flexibility index (Phi) is 57.6. The third-order valence-electron chi connectivity index (χ3n) is 14.6. The number of unbranched alkanes of at least 4 members (excludes halogenated alkanes) is 48. The molecule has 0 aromatic heterocycles. The number of hydrogen-bond donors (Lipinski definition) is 0. The zero-order chi connectivity index (χ0) is 50.0. The third-order valence-corrected chi connectivity index (χ3v) is 14.6. The normalized spacial score (nSPS) is 11.9. The lowest BCUT2D eigenvalue weighted by Crippen LogP contribution is -2.30. The Bertz CT molecular complexity index is 1030. The van der Waals surface area contributed by atoms with Crippen LogP contribution in [0.4, 0.5) is 0 Å². The maximum absolute atomic E-state index is 12.7. The minimum absolute atomic E-state index is 0.0627. The van der Waals surface area contributed by atoms with Crippen molar-refractivity contribution in [1.82, 2.24) is 0 Å². The van der Waals surface area contributed by atoms with Crippen molar-refractivity contribution in [3.05, 3.63) is 0 Å². The summed E-state index contributed by atoms with van der Waals surface area (Å²) in [5.74, 6) is -0.851. The summed E-state index contributed by atoms with van der Waals surface area (Å²) in [5, 5.41) is 0. The molecule has 69 heavy (non-hydrogen) atoms. The molecular weight excluding hydrogens is 853 g/mol. The average molecular weight is 976 g/mol. The number of esters is 3. The van der Waals surface area contributed by atoms with Crippen molar-refractivity contribution in [1.29, 1.82) is 0 Å². The first-order valence-electron chi connectivity index (χ1n) is 31.5.